The third kappa shape index (κ3) is 2.74. The molecule has 0 aliphatic heterocycles. The fourth-order valence-corrected chi connectivity index (χ4v) is 3.71. The molecule has 96 valence electrons. The molecular formula is C12H13ClN2OS2. The van der Waals surface area contributed by atoms with E-state index >= 15 is 0 Å². The molecule has 1 unspecified atom stereocenters. The Kier molecular flexibility index (Phi) is 4.04. The SMILES string of the molecule is CC(=O)c1c(C)nsc1NC(C)c1ccc(Cl)s1. The number of rotatable bonds is 4. The topological polar surface area (TPSA) is 42.0 Å². The quantitative estimate of drug-likeness (QED) is 0.843. The van der Waals surface area contributed by atoms with Crippen molar-refractivity contribution in [1.29, 1.82) is 0 Å². The first-order valence-corrected chi connectivity index (χ1v) is 7.44. The maximum atomic E-state index is 11.6. The van der Waals surface area contributed by atoms with Crippen molar-refractivity contribution in [3.8, 4) is 0 Å². The highest BCUT2D eigenvalue weighted by molar-refractivity contribution is 7.16. The van der Waals surface area contributed by atoms with E-state index in [-0.39, 0.29) is 11.8 Å². The number of Topliss-reactive ketones (excluding diaryl/α,β-unsaturated/α-hetero) is 1. The summed E-state index contributed by atoms with van der Waals surface area (Å²) in [6.07, 6.45) is 0. The number of carbonyl (C=O) groups excluding carboxylic acids is 1. The van der Waals surface area contributed by atoms with Crippen LogP contribution in [0.3, 0.4) is 0 Å². The second-order valence-electron chi connectivity index (χ2n) is 4.04. The summed E-state index contributed by atoms with van der Waals surface area (Å²) in [5.41, 5.74) is 1.47. The molecule has 0 aliphatic rings. The summed E-state index contributed by atoms with van der Waals surface area (Å²) < 4.78 is 4.99. The van der Waals surface area contributed by atoms with E-state index in [2.05, 4.69) is 9.69 Å². The first-order chi connectivity index (χ1) is 8.49. The number of halogens is 1. The molecule has 0 aliphatic carbocycles. The summed E-state index contributed by atoms with van der Waals surface area (Å²) in [5.74, 6) is 0.0418. The number of nitrogens with zero attached hydrogens (tertiary/aromatic N) is 1. The van der Waals surface area contributed by atoms with E-state index in [1.165, 1.54) is 22.9 Å². The van der Waals surface area contributed by atoms with E-state index in [9.17, 15) is 4.79 Å². The van der Waals surface area contributed by atoms with Gasteiger partial charge in [0, 0.05) is 4.88 Å². The molecule has 2 aromatic rings. The van der Waals surface area contributed by atoms with Crippen LogP contribution in [0.5, 0.6) is 0 Å². The van der Waals surface area contributed by atoms with Crippen LogP contribution in [0.15, 0.2) is 12.1 Å². The predicted molar refractivity (Wildman–Crippen MR) is 78.2 cm³/mol. The number of thiophene rings is 1. The zero-order valence-corrected chi connectivity index (χ0v) is 12.7. The molecule has 0 radical (unpaired) electrons. The molecule has 1 atom stereocenters. The van der Waals surface area contributed by atoms with Crippen molar-refractivity contribution in [3.63, 3.8) is 0 Å². The molecule has 0 saturated carbocycles. The Morgan fingerprint density at radius 1 is 1.50 bits per heavy atom. The highest BCUT2D eigenvalue weighted by atomic mass is 35.5. The molecule has 0 saturated heterocycles. The number of hydrogen-bond donors (Lipinski definition) is 1. The van der Waals surface area contributed by atoms with Crippen molar-refractivity contribution in [2.45, 2.75) is 26.8 Å². The van der Waals surface area contributed by atoms with Crippen molar-refractivity contribution in [3.05, 3.63) is 32.6 Å². The van der Waals surface area contributed by atoms with Crippen LogP contribution in [0, 0.1) is 6.92 Å². The van der Waals surface area contributed by atoms with Crippen molar-refractivity contribution >= 4 is 45.3 Å². The van der Waals surface area contributed by atoms with Gasteiger partial charge in [0.25, 0.3) is 0 Å². The van der Waals surface area contributed by atoms with E-state index < -0.39 is 0 Å². The van der Waals surface area contributed by atoms with Gasteiger partial charge in [-0.15, -0.1) is 11.3 Å². The number of carbonyl (C=O) groups is 1. The van der Waals surface area contributed by atoms with Crippen molar-refractivity contribution in [2.24, 2.45) is 0 Å². The molecule has 0 amide bonds. The summed E-state index contributed by atoms with van der Waals surface area (Å²) in [7, 11) is 0. The normalized spacial score (nSPS) is 12.4. The van der Waals surface area contributed by atoms with E-state index in [0.717, 1.165) is 19.9 Å². The van der Waals surface area contributed by atoms with Gasteiger partial charge in [-0.2, -0.15) is 4.37 Å². The van der Waals surface area contributed by atoms with Gasteiger partial charge < -0.3 is 5.32 Å². The molecule has 2 aromatic heterocycles. The minimum absolute atomic E-state index is 0.0418. The van der Waals surface area contributed by atoms with Gasteiger partial charge >= 0.3 is 0 Å². The van der Waals surface area contributed by atoms with Crippen molar-refractivity contribution in [2.75, 3.05) is 5.32 Å². The Morgan fingerprint density at radius 2 is 2.22 bits per heavy atom. The summed E-state index contributed by atoms with van der Waals surface area (Å²) in [6.45, 7) is 5.46. The highest BCUT2D eigenvalue weighted by Gasteiger charge is 2.17. The largest absolute Gasteiger partial charge is 0.368 e. The second kappa shape index (κ2) is 5.38. The number of nitrogens with one attached hydrogen (secondary N) is 1. The van der Waals surface area contributed by atoms with Gasteiger partial charge in [0.15, 0.2) is 5.78 Å². The Balaban J connectivity index is 2.22. The van der Waals surface area contributed by atoms with E-state index in [0.29, 0.717) is 5.56 Å². The average molecular weight is 301 g/mol. The molecule has 0 bridgehead atoms. The predicted octanol–water partition coefficient (Wildman–Crippen LogP) is 4.54. The lowest BCUT2D eigenvalue weighted by Gasteiger charge is -2.12. The summed E-state index contributed by atoms with van der Waals surface area (Å²) in [5, 5.41) is 4.16. The second-order valence-corrected chi connectivity index (χ2v) is 6.56. The van der Waals surface area contributed by atoms with E-state index in [1.807, 2.05) is 26.0 Å². The lowest BCUT2D eigenvalue weighted by atomic mass is 10.1. The van der Waals surface area contributed by atoms with Gasteiger partial charge in [0.1, 0.15) is 5.00 Å². The molecule has 0 fully saturated rings. The van der Waals surface area contributed by atoms with Crippen LogP contribution in [0.25, 0.3) is 0 Å². The minimum Gasteiger partial charge on any atom is -0.368 e. The fourth-order valence-electron chi connectivity index (χ4n) is 1.71. The van der Waals surface area contributed by atoms with E-state index in [4.69, 9.17) is 11.6 Å². The van der Waals surface area contributed by atoms with Gasteiger partial charge in [-0.3, -0.25) is 4.79 Å². The zero-order chi connectivity index (χ0) is 13.3. The maximum Gasteiger partial charge on any atom is 0.164 e. The third-order valence-corrected chi connectivity index (χ3v) is 4.87. The summed E-state index contributed by atoms with van der Waals surface area (Å²) >= 11 is 8.78. The van der Waals surface area contributed by atoms with Crippen LogP contribution in [0.4, 0.5) is 5.00 Å². The molecule has 2 heterocycles. The zero-order valence-electron chi connectivity index (χ0n) is 10.3. The van der Waals surface area contributed by atoms with Gasteiger partial charge in [-0.05, 0) is 44.4 Å². The molecule has 6 heteroatoms. The molecular weight excluding hydrogens is 288 g/mol. The molecule has 18 heavy (non-hydrogen) atoms. The lowest BCUT2D eigenvalue weighted by Crippen LogP contribution is -2.07. The first-order valence-electron chi connectivity index (χ1n) is 5.48. The average Bonchev–Trinajstić information content (AvgIpc) is 2.85. The van der Waals surface area contributed by atoms with Crippen LogP contribution in [-0.4, -0.2) is 10.2 Å². The Labute approximate surface area is 119 Å². The van der Waals surface area contributed by atoms with Gasteiger partial charge in [-0.25, -0.2) is 0 Å². The number of anilines is 1. The first kappa shape index (κ1) is 13.5. The van der Waals surface area contributed by atoms with Crippen molar-refractivity contribution < 1.29 is 4.79 Å². The van der Waals surface area contributed by atoms with Crippen LogP contribution in [0.1, 0.15) is 40.8 Å². The van der Waals surface area contributed by atoms with Gasteiger partial charge in [-0.1, -0.05) is 11.6 Å². The monoisotopic (exact) mass is 300 g/mol. The third-order valence-electron chi connectivity index (χ3n) is 2.58. The highest BCUT2D eigenvalue weighted by Crippen LogP contribution is 2.32. The standard InChI is InChI=1S/C12H13ClN2OS2/c1-6(9-4-5-10(13)17-9)14-12-11(8(3)16)7(2)15-18-12/h4-6,14H,1-3H3. The number of aromatic nitrogens is 1. The molecule has 3 nitrogen and oxygen atoms in total. The minimum atomic E-state index is 0.0418. The summed E-state index contributed by atoms with van der Waals surface area (Å²) in [6, 6.07) is 3.98. The molecule has 0 aromatic carbocycles. The number of ketones is 1. The molecule has 1 N–H and O–H groups in total. The van der Waals surface area contributed by atoms with Gasteiger partial charge in [0.05, 0.1) is 21.6 Å². The number of aryl methyl sites for hydroxylation is 1. The van der Waals surface area contributed by atoms with Crippen molar-refractivity contribution in [1.82, 2.24) is 4.37 Å². The Hall–Kier alpha value is -0.910. The summed E-state index contributed by atoms with van der Waals surface area (Å²) in [4.78, 5) is 12.7. The number of hydrogen-bond acceptors (Lipinski definition) is 5. The Morgan fingerprint density at radius 3 is 2.78 bits per heavy atom. The fraction of sp³-hybridized carbons (Fsp3) is 0.333. The van der Waals surface area contributed by atoms with Crippen LogP contribution < -0.4 is 5.32 Å². The maximum absolute atomic E-state index is 11.6. The van der Waals surface area contributed by atoms with Crippen LogP contribution in [-0.2, 0) is 0 Å². The van der Waals surface area contributed by atoms with Crippen LogP contribution >= 0.6 is 34.5 Å². The lowest BCUT2D eigenvalue weighted by molar-refractivity contribution is 0.101. The van der Waals surface area contributed by atoms with Gasteiger partial charge in [0.2, 0.25) is 0 Å². The van der Waals surface area contributed by atoms with Crippen LogP contribution in [0.2, 0.25) is 4.34 Å². The van der Waals surface area contributed by atoms with E-state index in [1.54, 1.807) is 6.92 Å². The smallest absolute Gasteiger partial charge is 0.164 e. The molecule has 2 rings (SSSR count). The Bertz CT molecular complexity index is 576. The molecule has 0 spiro atoms.